The van der Waals surface area contributed by atoms with Crippen molar-refractivity contribution >= 4 is 16.9 Å². The van der Waals surface area contributed by atoms with Gasteiger partial charge in [0.2, 0.25) is 0 Å². The molecule has 0 saturated carbocycles. The molecule has 0 spiro atoms. The first-order valence-corrected chi connectivity index (χ1v) is 8.17. The molecule has 3 aromatic rings. The van der Waals surface area contributed by atoms with Crippen molar-refractivity contribution in [3.63, 3.8) is 0 Å². The lowest BCUT2D eigenvalue weighted by Gasteiger charge is -2.15. The third kappa shape index (κ3) is 4.37. The fraction of sp³-hybridized carbons (Fsp3) is 0.211. The Morgan fingerprint density at radius 2 is 1.88 bits per heavy atom. The van der Waals surface area contributed by atoms with Crippen LogP contribution in [0.4, 0.5) is 0 Å². The third-order valence-corrected chi connectivity index (χ3v) is 4.15. The van der Waals surface area contributed by atoms with Gasteiger partial charge in [-0.1, -0.05) is 30.3 Å². The first-order chi connectivity index (χ1) is 12.1. The van der Waals surface area contributed by atoms with Crippen LogP contribution in [0.15, 0.2) is 54.7 Å². The Labute approximate surface area is 145 Å². The molecule has 5 N–H and O–H groups in total. The summed E-state index contributed by atoms with van der Waals surface area (Å²) in [6, 6.07) is 14.1. The Kier molecular flexibility index (Phi) is 5.33. The average molecular weight is 339 g/mol. The maximum Gasteiger partial charge on any atom is 0.322 e. The summed E-state index contributed by atoms with van der Waals surface area (Å²) in [4.78, 5) is 14.7. The predicted molar refractivity (Wildman–Crippen MR) is 96.4 cm³/mol. The highest BCUT2D eigenvalue weighted by molar-refractivity contribution is 5.84. The number of rotatable bonds is 8. The van der Waals surface area contributed by atoms with Crippen LogP contribution in [0, 0.1) is 0 Å². The molecule has 0 radical (unpaired) electrons. The number of aromatic nitrogens is 1. The van der Waals surface area contributed by atoms with Gasteiger partial charge in [0.15, 0.2) is 0 Å². The number of hydrogen-bond acceptors (Lipinski definition) is 4. The molecule has 0 amide bonds. The number of phenols is 1. The molecule has 1 heterocycles. The predicted octanol–water partition coefficient (Wildman–Crippen LogP) is 2.21. The number of benzene rings is 2. The summed E-state index contributed by atoms with van der Waals surface area (Å²) < 4.78 is 0. The molecule has 1 atom stereocenters. The first-order valence-electron chi connectivity index (χ1n) is 8.17. The zero-order chi connectivity index (χ0) is 17.6. The molecule has 0 saturated heterocycles. The lowest BCUT2D eigenvalue weighted by molar-refractivity contribution is -0.139. The van der Waals surface area contributed by atoms with Gasteiger partial charge in [0.05, 0.1) is 0 Å². The van der Waals surface area contributed by atoms with Crippen molar-refractivity contribution in [2.24, 2.45) is 0 Å². The number of aromatic amines is 1. The number of carboxylic acids is 1. The number of phenolic OH excluding ortho intramolecular Hbond substituents is 1. The van der Waals surface area contributed by atoms with E-state index in [-0.39, 0.29) is 5.75 Å². The van der Waals surface area contributed by atoms with Gasteiger partial charge < -0.3 is 15.2 Å². The SMILES string of the molecule is O=C(O)[C@H](Cc1c[nH]c2ccccc12)NNCCc1ccc(O)cc1. The minimum Gasteiger partial charge on any atom is -0.508 e. The fourth-order valence-corrected chi connectivity index (χ4v) is 2.79. The zero-order valence-electron chi connectivity index (χ0n) is 13.7. The van der Waals surface area contributed by atoms with E-state index in [1.165, 1.54) is 0 Å². The molecule has 0 fully saturated rings. The summed E-state index contributed by atoms with van der Waals surface area (Å²) in [5.74, 6) is -0.665. The quantitative estimate of drug-likeness (QED) is 0.320. The van der Waals surface area contributed by atoms with E-state index in [9.17, 15) is 15.0 Å². The number of aromatic hydroxyl groups is 1. The molecule has 3 rings (SSSR count). The Morgan fingerprint density at radius 1 is 1.12 bits per heavy atom. The Bertz CT molecular complexity index is 843. The molecule has 0 aliphatic rings. The van der Waals surface area contributed by atoms with Crippen molar-refractivity contribution < 1.29 is 15.0 Å². The van der Waals surface area contributed by atoms with Crippen LogP contribution in [0.25, 0.3) is 10.9 Å². The monoisotopic (exact) mass is 339 g/mol. The second-order valence-electron chi connectivity index (χ2n) is 5.94. The zero-order valence-corrected chi connectivity index (χ0v) is 13.7. The molecule has 2 aromatic carbocycles. The molecule has 1 aromatic heterocycles. The van der Waals surface area contributed by atoms with Gasteiger partial charge in [0.1, 0.15) is 11.8 Å². The number of hydrazine groups is 1. The van der Waals surface area contributed by atoms with Gasteiger partial charge in [-0.3, -0.25) is 10.2 Å². The van der Waals surface area contributed by atoms with Gasteiger partial charge >= 0.3 is 5.97 Å². The van der Waals surface area contributed by atoms with Crippen molar-refractivity contribution in [3.8, 4) is 5.75 Å². The number of hydrogen-bond donors (Lipinski definition) is 5. The Morgan fingerprint density at radius 3 is 2.64 bits per heavy atom. The van der Waals surface area contributed by atoms with Crippen LogP contribution in [0.1, 0.15) is 11.1 Å². The molecule has 0 aliphatic carbocycles. The van der Waals surface area contributed by atoms with E-state index in [1.807, 2.05) is 42.6 Å². The van der Waals surface area contributed by atoms with E-state index >= 15 is 0 Å². The Balaban J connectivity index is 1.54. The maximum absolute atomic E-state index is 11.5. The van der Waals surface area contributed by atoms with E-state index in [1.54, 1.807) is 12.1 Å². The smallest absolute Gasteiger partial charge is 0.322 e. The minimum atomic E-state index is -0.901. The number of fused-ring (bicyclic) bond motifs is 1. The van der Waals surface area contributed by atoms with Crippen molar-refractivity contribution in [2.75, 3.05) is 6.54 Å². The number of nitrogens with one attached hydrogen (secondary N) is 3. The topological polar surface area (TPSA) is 97.4 Å². The van der Waals surface area contributed by atoms with E-state index in [2.05, 4.69) is 15.8 Å². The van der Waals surface area contributed by atoms with E-state index in [0.29, 0.717) is 13.0 Å². The van der Waals surface area contributed by atoms with Crippen LogP contribution in [0.2, 0.25) is 0 Å². The average Bonchev–Trinajstić information content (AvgIpc) is 3.02. The minimum absolute atomic E-state index is 0.236. The van der Waals surface area contributed by atoms with Crippen LogP contribution < -0.4 is 10.9 Å². The first kappa shape index (κ1) is 17.0. The molecule has 0 unspecified atom stereocenters. The highest BCUT2D eigenvalue weighted by Gasteiger charge is 2.19. The van der Waals surface area contributed by atoms with E-state index < -0.39 is 12.0 Å². The van der Waals surface area contributed by atoms with Gasteiger partial charge in [-0.05, 0) is 35.7 Å². The number of carboxylic acid groups (broad SMARTS) is 1. The molecule has 6 heteroatoms. The lowest BCUT2D eigenvalue weighted by atomic mass is 10.1. The van der Waals surface area contributed by atoms with Gasteiger partial charge in [0.25, 0.3) is 0 Å². The van der Waals surface area contributed by atoms with Gasteiger partial charge in [-0.15, -0.1) is 0 Å². The van der Waals surface area contributed by atoms with Crippen molar-refractivity contribution in [1.82, 2.24) is 15.8 Å². The highest BCUT2D eigenvalue weighted by atomic mass is 16.4. The van der Waals surface area contributed by atoms with Crippen LogP contribution in [-0.2, 0) is 17.6 Å². The molecular formula is C19H21N3O3. The summed E-state index contributed by atoms with van der Waals surface area (Å²) in [5, 5.41) is 19.8. The van der Waals surface area contributed by atoms with Gasteiger partial charge in [-0.2, -0.15) is 0 Å². The normalized spacial score (nSPS) is 12.3. The second-order valence-corrected chi connectivity index (χ2v) is 5.94. The number of aliphatic carboxylic acids is 1. The summed E-state index contributed by atoms with van der Waals surface area (Å²) in [6.45, 7) is 0.586. The molecule has 0 bridgehead atoms. The van der Waals surface area contributed by atoms with Crippen molar-refractivity contribution in [3.05, 3.63) is 65.9 Å². The molecule has 25 heavy (non-hydrogen) atoms. The maximum atomic E-state index is 11.5. The number of para-hydroxylation sites is 1. The Hall–Kier alpha value is -2.83. The van der Waals surface area contributed by atoms with Gasteiger partial charge in [-0.25, -0.2) is 5.43 Å². The van der Waals surface area contributed by atoms with Crippen LogP contribution >= 0.6 is 0 Å². The van der Waals surface area contributed by atoms with Gasteiger partial charge in [0, 0.05) is 30.1 Å². The second kappa shape index (κ2) is 7.83. The summed E-state index contributed by atoms with van der Waals surface area (Å²) in [6.07, 6.45) is 2.97. The standard InChI is InChI=1S/C19H21N3O3/c23-15-7-5-13(6-8-15)9-10-21-22-18(19(24)25)11-14-12-20-17-4-2-1-3-16(14)17/h1-8,12,18,20-23H,9-11H2,(H,24,25)/t18-/m0/s1. The van der Waals surface area contributed by atoms with E-state index in [0.717, 1.165) is 28.5 Å². The van der Waals surface area contributed by atoms with Crippen molar-refractivity contribution in [1.29, 1.82) is 0 Å². The van der Waals surface area contributed by atoms with Crippen LogP contribution in [0.5, 0.6) is 5.75 Å². The lowest BCUT2D eigenvalue weighted by Crippen LogP contribution is -2.47. The molecule has 130 valence electrons. The fourth-order valence-electron chi connectivity index (χ4n) is 2.79. The molecular weight excluding hydrogens is 318 g/mol. The van der Waals surface area contributed by atoms with Crippen molar-refractivity contribution in [2.45, 2.75) is 18.9 Å². The largest absolute Gasteiger partial charge is 0.508 e. The third-order valence-electron chi connectivity index (χ3n) is 4.15. The summed E-state index contributed by atoms with van der Waals surface area (Å²) in [5.41, 5.74) is 8.91. The number of carbonyl (C=O) groups is 1. The van der Waals surface area contributed by atoms with E-state index in [4.69, 9.17) is 0 Å². The molecule has 6 nitrogen and oxygen atoms in total. The number of H-pyrrole nitrogens is 1. The highest BCUT2D eigenvalue weighted by Crippen LogP contribution is 2.19. The summed E-state index contributed by atoms with van der Waals surface area (Å²) in [7, 11) is 0. The summed E-state index contributed by atoms with van der Waals surface area (Å²) >= 11 is 0. The molecule has 0 aliphatic heterocycles. The van der Waals surface area contributed by atoms with Crippen LogP contribution in [-0.4, -0.2) is 33.8 Å². The van der Waals surface area contributed by atoms with Crippen LogP contribution in [0.3, 0.4) is 0 Å².